The van der Waals surface area contributed by atoms with Gasteiger partial charge in [0.25, 0.3) is 0 Å². The van der Waals surface area contributed by atoms with E-state index in [4.69, 9.17) is 0 Å². The molecule has 4 nitrogen and oxygen atoms in total. The molecule has 90 valence electrons. The van der Waals surface area contributed by atoms with E-state index in [-0.39, 0.29) is 0 Å². The summed E-state index contributed by atoms with van der Waals surface area (Å²) >= 11 is 0. The SMILES string of the molecule is CN1CCC(c2cnc(C(C)(C)O)[nH]2)CC1. The second-order valence-corrected chi connectivity index (χ2v) is 5.32. The van der Waals surface area contributed by atoms with Crippen LogP contribution in [0.1, 0.15) is 44.1 Å². The maximum atomic E-state index is 9.84. The van der Waals surface area contributed by atoms with Gasteiger partial charge < -0.3 is 15.0 Å². The molecule has 2 rings (SSSR count). The molecular formula is C12H21N3O. The Morgan fingerprint density at radius 1 is 1.44 bits per heavy atom. The zero-order valence-corrected chi connectivity index (χ0v) is 10.3. The molecule has 1 aromatic rings. The highest BCUT2D eigenvalue weighted by Crippen LogP contribution is 2.27. The Labute approximate surface area is 96.7 Å². The number of piperidine rings is 1. The maximum absolute atomic E-state index is 9.84. The Morgan fingerprint density at radius 2 is 2.06 bits per heavy atom. The first-order valence-electron chi connectivity index (χ1n) is 5.93. The minimum atomic E-state index is -0.871. The van der Waals surface area contributed by atoms with Crippen LogP contribution in [0.15, 0.2) is 6.20 Å². The standard InChI is InChI=1S/C12H21N3O/c1-12(2,16)11-13-8-10(14-11)9-4-6-15(3)7-5-9/h8-9,16H,4-7H2,1-3H3,(H,13,14). The maximum Gasteiger partial charge on any atom is 0.137 e. The summed E-state index contributed by atoms with van der Waals surface area (Å²) in [5.74, 6) is 1.24. The van der Waals surface area contributed by atoms with Crippen LogP contribution in [-0.2, 0) is 5.60 Å². The first-order valence-corrected chi connectivity index (χ1v) is 5.93. The molecule has 16 heavy (non-hydrogen) atoms. The number of hydrogen-bond acceptors (Lipinski definition) is 3. The van der Waals surface area contributed by atoms with E-state index in [2.05, 4.69) is 21.9 Å². The van der Waals surface area contributed by atoms with Crippen molar-refractivity contribution in [3.63, 3.8) is 0 Å². The molecule has 0 amide bonds. The second kappa shape index (κ2) is 4.18. The number of rotatable bonds is 2. The number of hydrogen-bond donors (Lipinski definition) is 2. The zero-order valence-electron chi connectivity index (χ0n) is 10.3. The number of aliphatic hydroxyl groups is 1. The highest BCUT2D eigenvalue weighted by Gasteiger charge is 2.24. The third-order valence-electron chi connectivity index (χ3n) is 3.33. The molecule has 2 N–H and O–H groups in total. The Morgan fingerprint density at radius 3 is 2.56 bits per heavy atom. The van der Waals surface area contributed by atoms with E-state index in [9.17, 15) is 5.11 Å². The fraction of sp³-hybridized carbons (Fsp3) is 0.750. The van der Waals surface area contributed by atoms with Crippen molar-refractivity contribution in [1.29, 1.82) is 0 Å². The van der Waals surface area contributed by atoms with E-state index in [1.54, 1.807) is 13.8 Å². The van der Waals surface area contributed by atoms with Crippen molar-refractivity contribution >= 4 is 0 Å². The lowest BCUT2D eigenvalue weighted by atomic mass is 9.94. The quantitative estimate of drug-likeness (QED) is 0.798. The van der Waals surface area contributed by atoms with Crippen LogP contribution in [0, 0.1) is 0 Å². The summed E-state index contributed by atoms with van der Waals surface area (Å²) in [5.41, 5.74) is 0.300. The van der Waals surface area contributed by atoms with E-state index in [1.165, 1.54) is 18.5 Å². The molecule has 0 bridgehead atoms. The fourth-order valence-electron chi connectivity index (χ4n) is 2.17. The summed E-state index contributed by atoms with van der Waals surface area (Å²) < 4.78 is 0. The van der Waals surface area contributed by atoms with Crippen molar-refractivity contribution in [2.45, 2.75) is 38.2 Å². The smallest absolute Gasteiger partial charge is 0.137 e. The largest absolute Gasteiger partial charge is 0.383 e. The third-order valence-corrected chi connectivity index (χ3v) is 3.33. The highest BCUT2D eigenvalue weighted by molar-refractivity contribution is 5.11. The molecule has 0 saturated carbocycles. The van der Waals surface area contributed by atoms with E-state index >= 15 is 0 Å². The molecular weight excluding hydrogens is 202 g/mol. The van der Waals surface area contributed by atoms with E-state index in [0.717, 1.165) is 13.1 Å². The van der Waals surface area contributed by atoms with Crippen molar-refractivity contribution in [2.24, 2.45) is 0 Å². The molecule has 2 heterocycles. The van der Waals surface area contributed by atoms with E-state index < -0.39 is 5.60 Å². The summed E-state index contributed by atoms with van der Waals surface area (Å²) in [7, 11) is 2.16. The predicted octanol–water partition coefficient (Wildman–Crippen LogP) is 1.45. The molecule has 0 aliphatic carbocycles. The van der Waals surface area contributed by atoms with Crippen molar-refractivity contribution < 1.29 is 5.11 Å². The molecule has 1 aliphatic heterocycles. The molecule has 0 unspecified atom stereocenters. The summed E-state index contributed by atoms with van der Waals surface area (Å²) in [6, 6.07) is 0. The van der Waals surface area contributed by atoms with Crippen LogP contribution in [0.3, 0.4) is 0 Å². The number of likely N-dealkylation sites (tertiary alicyclic amines) is 1. The van der Waals surface area contributed by atoms with Gasteiger partial charge in [-0.05, 0) is 46.8 Å². The highest BCUT2D eigenvalue weighted by atomic mass is 16.3. The van der Waals surface area contributed by atoms with Gasteiger partial charge in [0, 0.05) is 17.8 Å². The topological polar surface area (TPSA) is 52.1 Å². The molecule has 4 heteroatoms. The van der Waals surface area contributed by atoms with Gasteiger partial charge in [0.2, 0.25) is 0 Å². The van der Waals surface area contributed by atoms with Gasteiger partial charge in [-0.3, -0.25) is 0 Å². The average molecular weight is 223 g/mol. The third kappa shape index (κ3) is 2.44. The van der Waals surface area contributed by atoms with Crippen LogP contribution in [0.5, 0.6) is 0 Å². The number of aromatic nitrogens is 2. The van der Waals surface area contributed by atoms with Gasteiger partial charge in [-0.25, -0.2) is 4.98 Å². The number of nitrogens with zero attached hydrogens (tertiary/aromatic N) is 2. The lowest BCUT2D eigenvalue weighted by Crippen LogP contribution is -2.29. The Bertz CT molecular complexity index is 345. The van der Waals surface area contributed by atoms with Gasteiger partial charge in [-0.2, -0.15) is 0 Å². The lowest BCUT2D eigenvalue weighted by molar-refractivity contribution is 0.0694. The van der Waals surface area contributed by atoms with Crippen molar-refractivity contribution in [2.75, 3.05) is 20.1 Å². The van der Waals surface area contributed by atoms with Crippen LogP contribution in [0.25, 0.3) is 0 Å². The summed E-state index contributed by atoms with van der Waals surface area (Å²) in [6.07, 6.45) is 4.22. The van der Waals surface area contributed by atoms with Crippen molar-refractivity contribution in [3.8, 4) is 0 Å². The summed E-state index contributed by atoms with van der Waals surface area (Å²) in [4.78, 5) is 9.87. The average Bonchev–Trinajstić information content (AvgIpc) is 2.67. The number of nitrogens with one attached hydrogen (secondary N) is 1. The number of H-pyrrole nitrogens is 1. The minimum Gasteiger partial charge on any atom is -0.383 e. The van der Waals surface area contributed by atoms with Crippen LogP contribution in [-0.4, -0.2) is 40.1 Å². The molecule has 0 radical (unpaired) electrons. The molecule has 1 saturated heterocycles. The van der Waals surface area contributed by atoms with E-state index in [0.29, 0.717) is 11.7 Å². The van der Waals surface area contributed by atoms with Gasteiger partial charge in [-0.15, -0.1) is 0 Å². The molecule has 0 spiro atoms. The van der Waals surface area contributed by atoms with Crippen LogP contribution in [0.2, 0.25) is 0 Å². The fourth-order valence-corrected chi connectivity index (χ4v) is 2.17. The van der Waals surface area contributed by atoms with Crippen LogP contribution >= 0.6 is 0 Å². The number of imidazole rings is 1. The summed E-state index contributed by atoms with van der Waals surface area (Å²) in [6.45, 7) is 5.79. The van der Waals surface area contributed by atoms with Gasteiger partial charge in [0.1, 0.15) is 11.4 Å². The van der Waals surface area contributed by atoms with Crippen molar-refractivity contribution in [1.82, 2.24) is 14.9 Å². The molecule has 1 aromatic heterocycles. The predicted molar refractivity (Wildman–Crippen MR) is 63.3 cm³/mol. The normalized spacial score (nSPS) is 20.2. The second-order valence-electron chi connectivity index (χ2n) is 5.32. The number of aromatic amines is 1. The Balaban J connectivity index is 2.08. The van der Waals surface area contributed by atoms with Gasteiger partial charge in [0.15, 0.2) is 0 Å². The zero-order chi connectivity index (χ0) is 11.8. The first kappa shape index (κ1) is 11.6. The molecule has 0 atom stereocenters. The molecule has 0 aromatic carbocycles. The van der Waals surface area contributed by atoms with E-state index in [1.807, 2.05) is 6.20 Å². The van der Waals surface area contributed by atoms with Crippen LogP contribution < -0.4 is 0 Å². The minimum absolute atomic E-state index is 0.569. The Hall–Kier alpha value is -0.870. The van der Waals surface area contributed by atoms with Gasteiger partial charge >= 0.3 is 0 Å². The summed E-state index contributed by atoms with van der Waals surface area (Å²) in [5, 5.41) is 9.84. The molecule has 1 fully saturated rings. The Kier molecular flexibility index (Phi) is 3.04. The first-order chi connectivity index (χ1) is 7.47. The molecule has 1 aliphatic rings. The van der Waals surface area contributed by atoms with Crippen molar-refractivity contribution in [3.05, 3.63) is 17.7 Å². The van der Waals surface area contributed by atoms with Crippen LogP contribution in [0.4, 0.5) is 0 Å². The monoisotopic (exact) mass is 223 g/mol. The lowest BCUT2D eigenvalue weighted by Gasteiger charge is -2.28. The van der Waals surface area contributed by atoms with Gasteiger partial charge in [-0.1, -0.05) is 0 Å². The van der Waals surface area contributed by atoms with Gasteiger partial charge in [0.05, 0.1) is 0 Å².